The van der Waals surface area contributed by atoms with Crippen molar-refractivity contribution in [2.75, 3.05) is 26.2 Å². The van der Waals surface area contributed by atoms with Gasteiger partial charge in [0.2, 0.25) is 5.91 Å². The van der Waals surface area contributed by atoms with Gasteiger partial charge in [-0.25, -0.2) is 0 Å². The number of amides is 1. The van der Waals surface area contributed by atoms with Crippen molar-refractivity contribution in [3.8, 4) is 0 Å². The van der Waals surface area contributed by atoms with E-state index in [4.69, 9.17) is 5.11 Å². The Labute approximate surface area is 95.1 Å². The van der Waals surface area contributed by atoms with Crippen molar-refractivity contribution in [2.45, 2.75) is 12.8 Å². The summed E-state index contributed by atoms with van der Waals surface area (Å²) in [5, 5.41) is 11.9. The third-order valence-corrected chi connectivity index (χ3v) is 2.65. The van der Waals surface area contributed by atoms with Crippen LogP contribution in [0.1, 0.15) is 12.8 Å². The number of hydrogen-bond donors (Lipinski definition) is 2. The van der Waals surface area contributed by atoms with Gasteiger partial charge in [-0.05, 0) is 25.4 Å². The summed E-state index contributed by atoms with van der Waals surface area (Å²) in [6.07, 6.45) is 2.96. The fourth-order valence-corrected chi connectivity index (χ4v) is 1.84. The van der Waals surface area contributed by atoms with Gasteiger partial charge in [0.25, 0.3) is 0 Å². The summed E-state index contributed by atoms with van der Waals surface area (Å²) < 4.78 is 0. The minimum atomic E-state index is -0.986. The second-order valence-electron chi connectivity index (χ2n) is 4.02. The molecule has 1 amide bonds. The minimum absolute atomic E-state index is 0.101. The molecule has 1 rings (SSSR count). The molecular formula is C11H18N2O3. The predicted molar refractivity (Wildman–Crippen MR) is 60.0 cm³/mol. The molecule has 16 heavy (non-hydrogen) atoms. The van der Waals surface area contributed by atoms with E-state index in [9.17, 15) is 9.59 Å². The van der Waals surface area contributed by atoms with Crippen LogP contribution in [0.5, 0.6) is 0 Å². The molecule has 0 aliphatic carbocycles. The number of hydrogen-bond acceptors (Lipinski definition) is 3. The second kappa shape index (κ2) is 6.27. The van der Waals surface area contributed by atoms with E-state index in [-0.39, 0.29) is 12.5 Å². The number of carbonyl (C=O) groups is 2. The van der Waals surface area contributed by atoms with Crippen LogP contribution in [-0.2, 0) is 9.59 Å². The van der Waals surface area contributed by atoms with Gasteiger partial charge in [-0.15, -0.1) is 6.58 Å². The van der Waals surface area contributed by atoms with Gasteiger partial charge in [0.1, 0.15) is 6.54 Å². The highest BCUT2D eigenvalue weighted by Gasteiger charge is 2.22. The van der Waals surface area contributed by atoms with Gasteiger partial charge in [-0.3, -0.25) is 9.59 Å². The predicted octanol–water partition coefficient (Wildman–Crippen LogP) is 0.0852. The summed E-state index contributed by atoms with van der Waals surface area (Å²) in [7, 11) is 0. The molecule has 1 unspecified atom stereocenters. The first-order chi connectivity index (χ1) is 7.63. The average Bonchev–Trinajstić information content (AvgIpc) is 2.69. The summed E-state index contributed by atoms with van der Waals surface area (Å²) in [6, 6.07) is 0. The Morgan fingerprint density at radius 1 is 1.56 bits per heavy atom. The molecule has 1 heterocycles. The SMILES string of the molecule is C=CCN(CC(=O)O)C(=O)CC1CCNC1. The van der Waals surface area contributed by atoms with Crippen molar-refractivity contribution in [3.05, 3.63) is 12.7 Å². The fourth-order valence-electron chi connectivity index (χ4n) is 1.84. The van der Waals surface area contributed by atoms with Crippen LogP contribution in [-0.4, -0.2) is 48.1 Å². The first-order valence-electron chi connectivity index (χ1n) is 5.44. The third-order valence-electron chi connectivity index (χ3n) is 2.65. The fraction of sp³-hybridized carbons (Fsp3) is 0.636. The van der Waals surface area contributed by atoms with Crippen LogP contribution in [0, 0.1) is 5.92 Å². The molecule has 0 aromatic heterocycles. The topological polar surface area (TPSA) is 69.6 Å². The van der Waals surface area contributed by atoms with E-state index >= 15 is 0 Å². The lowest BCUT2D eigenvalue weighted by atomic mass is 10.0. The molecule has 0 radical (unpaired) electrons. The van der Waals surface area contributed by atoms with Crippen molar-refractivity contribution in [1.82, 2.24) is 10.2 Å². The van der Waals surface area contributed by atoms with Crippen LogP contribution in [0.4, 0.5) is 0 Å². The van der Waals surface area contributed by atoms with Crippen LogP contribution in [0.2, 0.25) is 0 Å². The molecule has 1 aliphatic heterocycles. The summed E-state index contributed by atoms with van der Waals surface area (Å²) in [5.41, 5.74) is 0. The number of rotatable bonds is 6. The van der Waals surface area contributed by atoms with Crippen molar-refractivity contribution in [3.63, 3.8) is 0 Å². The van der Waals surface area contributed by atoms with Gasteiger partial charge in [-0.1, -0.05) is 6.08 Å². The maximum atomic E-state index is 11.8. The molecule has 0 saturated carbocycles. The first kappa shape index (κ1) is 12.7. The van der Waals surface area contributed by atoms with Gasteiger partial charge in [0, 0.05) is 13.0 Å². The monoisotopic (exact) mass is 226 g/mol. The minimum Gasteiger partial charge on any atom is -0.480 e. The normalized spacial score (nSPS) is 19.4. The Kier molecular flexibility index (Phi) is 4.98. The van der Waals surface area contributed by atoms with E-state index in [1.165, 1.54) is 4.90 Å². The summed E-state index contributed by atoms with van der Waals surface area (Å²) in [4.78, 5) is 23.7. The van der Waals surface area contributed by atoms with E-state index in [2.05, 4.69) is 11.9 Å². The zero-order valence-corrected chi connectivity index (χ0v) is 9.32. The lowest BCUT2D eigenvalue weighted by molar-refractivity contribution is -0.144. The molecule has 2 N–H and O–H groups in total. The largest absolute Gasteiger partial charge is 0.480 e. The standard InChI is InChI=1S/C11H18N2O3/c1-2-5-13(8-11(15)16)10(14)6-9-3-4-12-7-9/h2,9,12H,1,3-8H2,(H,15,16). The van der Waals surface area contributed by atoms with Gasteiger partial charge >= 0.3 is 5.97 Å². The number of nitrogens with zero attached hydrogens (tertiary/aromatic N) is 1. The highest BCUT2D eigenvalue weighted by molar-refractivity contribution is 5.81. The van der Waals surface area contributed by atoms with E-state index in [1.807, 2.05) is 0 Å². The zero-order valence-electron chi connectivity index (χ0n) is 9.32. The van der Waals surface area contributed by atoms with E-state index in [0.717, 1.165) is 19.5 Å². The Hall–Kier alpha value is -1.36. The molecule has 0 aromatic carbocycles. The molecule has 0 aromatic rings. The van der Waals surface area contributed by atoms with Crippen molar-refractivity contribution >= 4 is 11.9 Å². The van der Waals surface area contributed by atoms with E-state index in [0.29, 0.717) is 18.9 Å². The molecule has 1 fully saturated rings. The van der Waals surface area contributed by atoms with Crippen LogP contribution in [0.25, 0.3) is 0 Å². The van der Waals surface area contributed by atoms with Gasteiger partial charge in [-0.2, -0.15) is 0 Å². The lowest BCUT2D eigenvalue weighted by Crippen LogP contribution is -2.36. The smallest absolute Gasteiger partial charge is 0.323 e. The van der Waals surface area contributed by atoms with Gasteiger partial charge < -0.3 is 15.3 Å². The second-order valence-corrected chi connectivity index (χ2v) is 4.02. The maximum absolute atomic E-state index is 11.8. The summed E-state index contributed by atoms with van der Waals surface area (Å²) >= 11 is 0. The Balaban J connectivity index is 2.45. The highest BCUT2D eigenvalue weighted by atomic mass is 16.4. The van der Waals surface area contributed by atoms with Crippen molar-refractivity contribution in [1.29, 1.82) is 0 Å². The Morgan fingerprint density at radius 3 is 2.81 bits per heavy atom. The van der Waals surface area contributed by atoms with Crippen LogP contribution < -0.4 is 5.32 Å². The third kappa shape index (κ3) is 4.02. The quantitative estimate of drug-likeness (QED) is 0.630. The van der Waals surface area contributed by atoms with Crippen LogP contribution >= 0.6 is 0 Å². The van der Waals surface area contributed by atoms with Crippen LogP contribution in [0.3, 0.4) is 0 Å². The highest BCUT2D eigenvalue weighted by Crippen LogP contribution is 2.13. The molecule has 0 bridgehead atoms. The van der Waals surface area contributed by atoms with Crippen molar-refractivity contribution < 1.29 is 14.7 Å². The molecule has 0 spiro atoms. The Morgan fingerprint density at radius 2 is 2.31 bits per heavy atom. The number of carboxylic acids is 1. The summed E-state index contributed by atoms with van der Waals surface area (Å²) in [6.45, 7) is 5.37. The zero-order chi connectivity index (χ0) is 12.0. The number of carbonyl (C=O) groups excluding carboxylic acids is 1. The van der Waals surface area contributed by atoms with E-state index < -0.39 is 5.97 Å². The number of aliphatic carboxylic acids is 1. The van der Waals surface area contributed by atoms with Gasteiger partial charge in [0.15, 0.2) is 0 Å². The molecule has 1 saturated heterocycles. The molecule has 5 heteroatoms. The average molecular weight is 226 g/mol. The maximum Gasteiger partial charge on any atom is 0.323 e. The molecule has 1 atom stereocenters. The molecule has 5 nitrogen and oxygen atoms in total. The molecule has 90 valence electrons. The van der Waals surface area contributed by atoms with Crippen LogP contribution in [0.15, 0.2) is 12.7 Å². The molecular weight excluding hydrogens is 208 g/mol. The van der Waals surface area contributed by atoms with Crippen molar-refractivity contribution in [2.24, 2.45) is 5.92 Å². The number of carboxylic acid groups (broad SMARTS) is 1. The summed E-state index contributed by atoms with van der Waals surface area (Å²) in [5.74, 6) is -0.746. The van der Waals surface area contributed by atoms with E-state index in [1.54, 1.807) is 6.08 Å². The lowest BCUT2D eigenvalue weighted by Gasteiger charge is -2.20. The number of nitrogens with one attached hydrogen (secondary N) is 1. The molecule has 1 aliphatic rings. The first-order valence-corrected chi connectivity index (χ1v) is 5.44. The van der Waals surface area contributed by atoms with Gasteiger partial charge in [0.05, 0.1) is 0 Å². The Bertz CT molecular complexity index is 272.